The fraction of sp³-hybridized carbons (Fsp3) is 0.357. The molecule has 1 amide bonds. The number of hydrogen-bond donors (Lipinski definition) is 1. The van der Waals surface area contributed by atoms with E-state index in [0.29, 0.717) is 55.4 Å². The maximum atomic E-state index is 13.2. The molecule has 1 unspecified atom stereocenters. The van der Waals surface area contributed by atoms with Gasteiger partial charge in [-0.05, 0) is 24.1 Å². The second-order valence-corrected chi connectivity index (χ2v) is 8.68. The molecule has 36 heavy (non-hydrogen) atoms. The quantitative estimate of drug-likeness (QED) is 0.235. The number of ketones is 1. The van der Waals surface area contributed by atoms with Crippen molar-refractivity contribution < 1.29 is 28.9 Å². The van der Waals surface area contributed by atoms with Crippen LogP contribution in [-0.2, 0) is 14.3 Å². The largest absolute Gasteiger partial charge is 0.507 e. The first-order valence-electron chi connectivity index (χ1n) is 12.1. The molecule has 2 heterocycles. The third kappa shape index (κ3) is 5.45. The van der Waals surface area contributed by atoms with E-state index < -0.39 is 17.7 Å². The van der Waals surface area contributed by atoms with Crippen LogP contribution in [0.2, 0.25) is 0 Å². The molecule has 8 heteroatoms. The van der Waals surface area contributed by atoms with Crippen LogP contribution in [-0.4, -0.2) is 79.7 Å². The van der Waals surface area contributed by atoms with Crippen molar-refractivity contribution in [3.63, 3.8) is 0 Å². The van der Waals surface area contributed by atoms with Crippen LogP contribution in [0.25, 0.3) is 5.76 Å². The number of Topliss-reactive ketones (excluding diaryl/α,β-unsaturated/α-hetero) is 1. The highest BCUT2D eigenvalue weighted by Crippen LogP contribution is 2.42. The first kappa shape index (κ1) is 25.5. The van der Waals surface area contributed by atoms with Gasteiger partial charge in [0.2, 0.25) is 0 Å². The van der Waals surface area contributed by atoms with E-state index in [2.05, 4.69) is 11.5 Å². The van der Waals surface area contributed by atoms with Gasteiger partial charge in [-0.15, -0.1) is 0 Å². The summed E-state index contributed by atoms with van der Waals surface area (Å²) in [6.07, 6.45) is 2.32. The van der Waals surface area contributed by atoms with Gasteiger partial charge in [-0.2, -0.15) is 0 Å². The molecule has 8 nitrogen and oxygen atoms in total. The fourth-order valence-corrected chi connectivity index (χ4v) is 4.62. The van der Waals surface area contributed by atoms with Gasteiger partial charge in [-0.25, -0.2) is 0 Å². The number of methoxy groups -OCH3 is 1. The molecular weight excluding hydrogens is 460 g/mol. The Morgan fingerprint density at radius 2 is 1.86 bits per heavy atom. The molecule has 190 valence electrons. The molecule has 1 atom stereocenters. The topological polar surface area (TPSA) is 88.5 Å². The first-order valence-corrected chi connectivity index (χ1v) is 12.1. The number of aliphatic hydroxyl groups excluding tert-OH is 1. The SMILES string of the molecule is C=CCOc1ccc(C2/C(=C(\O)c3ccccc3)C(=O)C(=O)N2CCCN2CCOCC2)cc1OC. The summed E-state index contributed by atoms with van der Waals surface area (Å²) >= 11 is 0. The van der Waals surface area contributed by atoms with Crippen molar-refractivity contribution in [2.24, 2.45) is 0 Å². The Kier molecular flexibility index (Phi) is 8.40. The monoisotopic (exact) mass is 492 g/mol. The van der Waals surface area contributed by atoms with Crippen LogP contribution >= 0.6 is 0 Å². The number of hydrogen-bond acceptors (Lipinski definition) is 7. The van der Waals surface area contributed by atoms with Gasteiger partial charge < -0.3 is 24.2 Å². The molecule has 1 N–H and O–H groups in total. The van der Waals surface area contributed by atoms with Crippen LogP contribution in [0, 0.1) is 0 Å². The summed E-state index contributed by atoms with van der Waals surface area (Å²) in [5, 5.41) is 11.2. The molecule has 0 bridgehead atoms. The fourth-order valence-electron chi connectivity index (χ4n) is 4.62. The summed E-state index contributed by atoms with van der Waals surface area (Å²) in [6, 6.07) is 13.3. The van der Waals surface area contributed by atoms with E-state index in [1.807, 2.05) is 6.07 Å². The van der Waals surface area contributed by atoms with Gasteiger partial charge in [0.05, 0.1) is 31.9 Å². The van der Waals surface area contributed by atoms with Gasteiger partial charge >= 0.3 is 0 Å². The molecule has 0 aromatic heterocycles. The lowest BCUT2D eigenvalue weighted by Crippen LogP contribution is -2.39. The van der Waals surface area contributed by atoms with Crippen LogP contribution in [0.15, 0.2) is 66.8 Å². The summed E-state index contributed by atoms with van der Waals surface area (Å²) in [6.45, 7) is 8.22. The van der Waals surface area contributed by atoms with E-state index in [0.717, 1.165) is 19.6 Å². The molecule has 0 aliphatic carbocycles. The van der Waals surface area contributed by atoms with Gasteiger partial charge in [-0.1, -0.05) is 49.1 Å². The van der Waals surface area contributed by atoms with Crippen molar-refractivity contribution >= 4 is 17.4 Å². The van der Waals surface area contributed by atoms with Crippen molar-refractivity contribution in [2.75, 3.05) is 53.1 Å². The van der Waals surface area contributed by atoms with Crippen LogP contribution in [0.4, 0.5) is 0 Å². The molecule has 0 radical (unpaired) electrons. The third-order valence-corrected chi connectivity index (χ3v) is 6.42. The lowest BCUT2D eigenvalue weighted by Gasteiger charge is -2.29. The third-order valence-electron chi connectivity index (χ3n) is 6.42. The highest BCUT2D eigenvalue weighted by molar-refractivity contribution is 6.46. The number of aliphatic hydroxyl groups is 1. The van der Waals surface area contributed by atoms with E-state index in [4.69, 9.17) is 14.2 Å². The summed E-state index contributed by atoms with van der Waals surface area (Å²) in [7, 11) is 1.53. The van der Waals surface area contributed by atoms with Gasteiger partial charge in [0, 0.05) is 31.7 Å². The zero-order valence-corrected chi connectivity index (χ0v) is 20.5. The molecule has 2 fully saturated rings. The van der Waals surface area contributed by atoms with E-state index in [9.17, 15) is 14.7 Å². The predicted molar refractivity (Wildman–Crippen MR) is 136 cm³/mol. The molecule has 2 aliphatic rings. The summed E-state index contributed by atoms with van der Waals surface area (Å²) < 4.78 is 16.6. The average Bonchev–Trinajstić information content (AvgIpc) is 3.17. The minimum Gasteiger partial charge on any atom is -0.507 e. The van der Waals surface area contributed by atoms with E-state index in [1.54, 1.807) is 53.4 Å². The zero-order valence-electron chi connectivity index (χ0n) is 20.5. The first-order chi connectivity index (χ1) is 17.5. The highest BCUT2D eigenvalue weighted by Gasteiger charge is 2.46. The maximum absolute atomic E-state index is 13.2. The second-order valence-electron chi connectivity index (χ2n) is 8.68. The van der Waals surface area contributed by atoms with Crippen molar-refractivity contribution in [2.45, 2.75) is 12.5 Å². The van der Waals surface area contributed by atoms with Crippen molar-refractivity contribution in [1.82, 2.24) is 9.80 Å². The lowest BCUT2D eigenvalue weighted by molar-refractivity contribution is -0.140. The molecular formula is C28H32N2O6. The van der Waals surface area contributed by atoms with Crippen LogP contribution < -0.4 is 9.47 Å². The van der Waals surface area contributed by atoms with E-state index in [-0.39, 0.29) is 11.3 Å². The Hall–Kier alpha value is -3.62. The Labute approximate surface area is 211 Å². The number of benzene rings is 2. The number of nitrogens with zero attached hydrogens (tertiary/aromatic N) is 2. The summed E-state index contributed by atoms with van der Waals surface area (Å²) in [5.74, 6) is -0.522. The van der Waals surface area contributed by atoms with Crippen LogP contribution in [0.1, 0.15) is 23.6 Å². The summed E-state index contributed by atoms with van der Waals surface area (Å²) in [5.41, 5.74) is 1.20. The second kappa shape index (κ2) is 11.9. The molecule has 2 aliphatic heterocycles. The predicted octanol–water partition coefficient (Wildman–Crippen LogP) is 3.40. The zero-order chi connectivity index (χ0) is 25.5. The number of amides is 1. The molecule has 0 saturated carbocycles. The lowest BCUT2D eigenvalue weighted by atomic mass is 9.95. The number of rotatable bonds is 10. The van der Waals surface area contributed by atoms with Gasteiger partial charge in [0.1, 0.15) is 12.4 Å². The molecule has 0 spiro atoms. The Morgan fingerprint density at radius 1 is 1.11 bits per heavy atom. The number of carbonyl (C=O) groups is 2. The number of carbonyl (C=O) groups excluding carboxylic acids is 2. The highest BCUT2D eigenvalue weighted by atomic mass is 16.5. The number of ether oxygens (including phenoxy) is 3. The van der Waals surface area contributed by atoms with E-state index in [1.165, 1.54) is 7.11 Å². The Bertz CT molecular complexity index is 1120. The minimum absolute atomic E-state index is 0.0689. The summed E-state index contributed by atoms with van der Waals surface area (Å²) in [4.78, 5) is 30.3. The van der Waals surface area contributed by atoms with Gasteiger partial charge in [0.15, 0.2) is 11.5 Å². The van der Waals surface area contributed by atoms with Crippen LogP contribution in [0.3, 0.4) is 0 Å². The maximum Gasteiger partial charge on any atom is 0.295 e. The van der Waals surface area contributed by atoms with Crippen LogP contribution in [0.5, 0.6) is 11.5 Å². The van der Waals surface area contributed by atoms with Crippen molar-refractivity contribution in [3.8, 4) is 11.5 Å². The molecule has 2 aromatic carbocycles. The Balaban J connectivity index is 1.70. The van der Waals surface area contributed by atoms with Gasteiger partial charge in [-0.3, -0.25) is 14.5 Å². The normalized spacial score (nSPS) is 19.9. The van der Waals surface area contributed by atoms with Gasteiger partial charge in [0.25, 0.3) is 11.7 Å². The van der Waals surface area contributed by atoms with Crippen molar-refractivity contribution in [3.05, 3.63) is 77.9 Å². The smallest absolute Gasteiger partial charge is 0.295 e. The minimum atomic E-state index is -0.753. The Morgan fingerprint density at radius 3 is 2.56 bits per heavy atom. The number of likely N-dealkylation sites (tertiary alicyclic amines) is 1. The number of morpholine rings is 1. The van der Waals surface area contributed by atoms with E-state index >= 15 is 0 Å². The standard InChI is InChI=1S/C28H32N2O6/c1-3-16-36-22-11-10-21(19-23(22)34-2)25-24(26(31)20-8-5-4-6-9-20)27(32)28(33)30(25)13-7-12-29-14-17-35-18-15-29/h3-6,8-11,19,25,31H,1,7,12-18H2,2H3/b26-24+. The molecule has 2 aromatic rings. The van der Waals surface area contributed by atoms with Crippen molar-refractivity contribution in [1.29, 1.82) is 0 Å². The average molecular weight is 493 g/mol. The molecule has 2 saturated heterocycles. The molecule has 4 rings (SSSR count).